The van der Waals surface area contributed by atoms with Gasteiger partial charge in [-0.05, 0) is 57.0 Å². The van der Waals surface area contributed by atoms with Gasteiger partial charge in [0.25, 0.3) is 0 Å². The van der Waals surface area contributed by atoms with E-state index in [0.717, 1.165) is 16.9 Å². The lowest BCUT2D eigenvalue weighted by atomic mass is 10.1. The second-order valence-corrected chi connectivity index (χ2v) is 9.23. The molecule has 0 aliphatic rings. The zero-order valence-electron chi connectivity index (χ0n) is 17.7. The van der Waals surface area contributed by atoms with Gasteiger partial charge < -0.3 is 10.2 Å². The predicted molar refractivity (Wildman–Crippen MR) is 126 cm³/mol. The number of thioether (sulfide) groups is 1. The second-order valence-electron chi connectivity index (χ2n) is 7.37. The summed E-state index contributed by atoms with van der Waals surface area (Å²) in [5.74, 6) is -0.0396. The van der Waals surface area contributed by atoms with Crippen LogP contribution in [0.15, 0.2) is 47.4 Å². The van der Waals surface area contributed by atoms with E-state index in [1.54, 1.807) is 24.0 Å². The Bertz CT molecular complexity index is 874. The summed E-state index contributed by atoms with van der Waals surface area (Å²) in [6, 6.07) is 12.7. The van der Waals surface area contributed by atoms with E-state index in [1.165, 1.54) is 17.3 Å². The first-order chi connectivity index (χ1) is 14.2. The van der Waals surface area contributed by atoms with Crippen LogP contribution in [0.1, 0.15) is 38.3 Å². The van der Waals surface area contributed by atoms with Gasteiger partial charge in [0.05, 0.1) is 15.8 Å². The van der Waals surface area contributed by atoms with E-state index >= 15 is 0 Å². The number of nitrogens with zero attached hydrogens (tertiary/aromatic N) is 1. The molecule has 0 saturated carbocycles. The van der Waals surface area contributed by atoms with Gasteiger partial charge in [0.15, 0.2) is 0 Å². The van der Waals surface area contributed by atoms with Gasteiger partial charge in [0.1, 0.15) is 6.04 Å². The lowest BCUT2D eigenvalue weighted by Crippen LogP contribution is -2.50. The maximum absolute atomic E-state index is 13.1. The van der Waals surface area contributed by atoms with Gasteiger partial charge in [0.2, 0.25) is 11.8 Å². The SMILES string of the molecule is CC[C@H](C)NC(=O)[C@@H](C)N(Cc1ccc(Cl)c(Cl)c1)C(=O)CSc1ccc(C)cc1. The molecule has 0 aliphatic heterocycles. The van der Waals surface area contributed by atoms with Crippen molar-refractivity contribution in [2.75, 3.05) is 5.75 Å². The monoisotopic (exact) mass is 466 g/mol. The minimum Gasteiger partial charge on any atom is -0.352 e. The van der Waals surface area contributed by atoms with Gasteiger partial charge >= 0.3 is 0 Å². The summed E-state index contributed by atoms with van der Waals surface area (Å²) in [5.41, 5.74) is 1.99. The van der Waals surface area contributed by atoms with Gasteiger partial charge in [-0.15, -0.1) is 11.8 Å². The van der Waals surface area contributed by atoms with E-state index in [4.69, 9.17) is 23.2 Å². The maximum Gasteiger partial charge on any atom is 0.242 e. The molecule has 0 saturated heterocycles. The Morgan fingerprint density at radius 2 is 1.73 bits per heavy atom. The molecule has 0 aliphatic carbocycles. The van der Waals surface area contributed by atoms with Crippen molar-refractivity contribution in [3.05, 3.63) is 63.6 Å². The van der Waals surface area contributed by atoms with Gasteiger partial charge in [-0.25, -0.2) is 0 Å². The third-order valence-electron chi connectivity index (χ3n) is 4.89. The van der Waals surface area contributed by atoms with Crippen molar-refractivity contribution < 1.29 is 9.59 Å². The van der Waals surface area contributed by atoms with E-state index in [1.807, 2.05) is 51.1 Å². The molecular weight excluding hydrogens is 439 g/mol. The van der Waals surface area contributed by atoms with Crippen molar-refractivity contribution in [2.45, 2.75) is 57.6 Å². The summed E-state index contributed by atoms with van der Waals surface area (Å²) in [6.07, 6.45) is 0.822. The van der Waals surface area contributed by atoms with Gasteiger partial charge in [-0.3, -0.25) is 9.59 Å². The number of hydrogen-bond acceptors (Lipinski definition) is 3. The quantitative estimate of drug-likeness (QED) is 0.480. The standard InChI is InChI=1S/C23H28Cl2N2O2S/c1-5-16(3)26-23(29)17(4)27(13-18-8-11-20(24)21(25)12-18)22(28)14-30-19-9-6-15(2)7-10-19/h6-12,16-17H,5,13-14H2,1-4H3,(H,26,29)/t16-,17+/m0/s1. The third kappa shape index (κ3) is 7.22. The number of aryl methyl sites for hydroxylation is 1. The maximum atomic E-state index is 13.1. The van der Waals surface area contributed by atoms with Crippen LogP contribution >= 0.6 is 35.0 Å². The lowest BCUT2D eigenvalue weighted by molar-refractivity contribution is -0.138. The zero-order valence-corrected chi connectivity index (χ0v) is 20.1. The molecule has 0 heterocycles. The summed E-state index contributed by atoms with van der Waals surface area (Å²) in [5, 5.41) is 3.84. The molecule has 162 valence electrons. The Hall–Kier alpha value is -1.69. The fourth-order valence-electron chi connectivity index (χ4n) is 2.75. The highest BCUT2D eigenvalue weighted by Gasteiger charge is 2.27. The van der Waals surface area contributed by atoms with E-state index < -0.39 is 6.04 Å². The molecule has 2 amide bonds. The number of hydrogen-bond donors (Lipinski definition) is 1. The van der Waals surface area contributed by atoms with Crippen LogP contribution in [0.2, 0.25) is 10.0 Å². The summed E-state index contributed by atoms with van der Waals surface area (Å²) >= 11 is 13.6. The van der Waals surface area contributed by atoms with Crippen molar-refractivity contribution in [3.63, 3.8) is 0 Å². The molecule has 30 heavy (non-hydrogen) atoms. The summed E-state index contributed by atoms with van der Waals surface area (Å²) in [6.45, 7) is 8.01. The first-order valence-electron chi connectivity index (χ1n) is 9.94. The molecule has 0 aromatic heterocycles. The van der Waals surface area contributed by atoms with Crippen molar-refractivity contribution in [1.82, 2.24) is 10.2 Å². The highest BCUT2D eigenvalue weighted by Crippen LogP contribution is 2.25. The van der Waals surface area contributed by atoms with Crippen LogP contribution < -0.4 is 5.32 Å². The predicted octanol–water partition coefficient (Wildman–Crippen LogP) is 5.73. The topological polar surface area (TPSA) is 49.4 Å². The molecule has 2 atom stereocenters. The van der Waals surface area contributed by atoms with Crippen LogP contribution in [0.4, 0.5) is 0 Å². The van der Waals surface area contributed by atoms with Gasteiger partial charge in [0, 0.05) is 17.5 Å². The smallest absolute Gasteiger partial charge is 0.242 e. The molecule has 0 bridgehead atoms. The van der Waals surface area contributed by atoms with E-state index in [2.05, 4.69) is 5.32 Å². The number of amides is 2. The normalized spacial score (nSPS) is 12.9. The number of halogens is 2. The van der Waals surface area contributed by atoms with Crippen LogP contribution in [-0.2, 0) is 16.1 Å². The van der Waals surface area contributed by atoms with Crippen LogP contribution in [0, 0.1) is 6.92 Å². The molecule has 1 N–H and O–H groups in total. The molecule has 2 rings (SSSR count). The number of nitrogens with one attached hydrogen (secondary N) is 1. The molecule has 0 spiro atoms. The van der Waals surface area contributed by atoms with Crippen LogP contribution in [0.5, 0.6) is 0 Å². The van der Waals surface area contributed by atoms with E-state index in [-0.39, 0.29) is 30.2 Å². The van der Waals surface area contributed by atoms with Gasteiger partial charge in [-0.2, -0.15) is 0 Å². The van der Waals surface area contributed by atoms with Crippen molar-refractivity contribution >= 4 is 46.8 Å². The van der Waals surface area contributed by atoms with E-state index in [0.29, 0.717) is 10.0 Å². The largest absolute Gasteiger partial charge is 0.352 e. The highest BCUT2D eigenvalue weighted by molar-refractivity contribution is 8.00. The number of benzene rings is 2. The molecule has 7 heteroatoms. The second kappa shape index (κ2) is 11.6. The van der Waals surface area contributed by atoms with Crippen molar-refractivity contribution in [1.29, 1.82) is 0 Å². The Balaban J connectivity index is 2.17. The number of rotatable bonds is 9. The zero-order chi connectivity index (χ0) is 22.3. The fraction of sp³-hybridized carbons (Fsp3) is 0.391. The van der Waals surface area contributed by atoms with Gasteiger partial charge in [-0.1, -0.05) is 53.9 Å². The third-order valence-corrected chi connectivity index (χ3v) is 6.62. The Morgan fingerprint density at radius 1 is 1.07 bits per heavy atom. The first kappa shape index (κ1) is 24.6. The van der Waals surface area contributed by atoms with Crippen LogP contribution in [0.25, 0.3) is 0 Å². The average Bonchev–Trinajstić information content (AvgIpc) is 2.73. The minimum absolute atomic E-state index is 0.0452. The first-order valence-corrected chi connectivity index (χ1v) is 11.7. The lowest BCUT2D eigenvalue weighted by Gasteiger charge is -2.29. The molecular formula is C23H28Cl2N2O2S. The van der Waals surface area contributed by atoms with E-state index in [9.17, 15) is 9.59 Å². The average molecular weight is 467 g/mol. The molecule has 0 fully saturated rings. The van der Waals surface area contributed by atoms with Crippen LogP contribution in [0.3, 0.4) is 0 Å². The Morgan fingerprint density at radius 3 is 2.33 bits per heavy atom. The Labute approximate surface area is 193 Å². The summed E-state index contributed by atoms with van der Waals surface area (Å²) < 4.78 is 0. The molecule has 4 nitrogen and oxygen atoms in total. The van der Waals surface area contributed by atoms with Crippen LogP contribution in [-0.4, -0.2) is 34.6 Å². The number of carbonyl (C=O) groups is 2. The fourth-order valence-corrected chi connectivity index (χ4v) is 3.85. The minimum atomic E-state index is -0.612. The van der Waals surface area contributed by atoms with Crippen molar-refractivity contribution in [2.24, 2.45) is 0 Å². The summed E-state index contributed by atoms with van der Waals surface area (Å²) in [7, 11) is 0. The summed E-state index contributed by atoms with van der Waals surface area (Å²) in [4.78, 5) is 28.4. The molecule has 2 aromatic rings. The Kier molecular flexibility index (Phi) is 9.53. The molecule has 2 aromatic carbocycles. The highest BCUT2D eigenvalue weighted by atomic mass is 35.5. The molecule has 0 radical (unpaired) electrons. The molecule has 0 unspecified atom stereocenters. The van der Waals surface area contributed by atoms with Crippen molar-refractivity contribution in [3.8, 4) is 0 Å². The number of carbonyl (C=O) groups excluding carboxylic acids is 2.